The van der Waals surface area contributed by atoms with Crippen LogP contribution in [-0.4, -0.2) is 18.9 Å². The molecule has 0 radical (unpaired) electrons. The zero-order valence-corrected chi connectivity index (χ0v) is 18.3. The fourth-order valence-electron chi connectivity index (χ4n) is 3.73. The van der Waals surface area contributed by atoms with E-state index in [0.717, 1.165) is 22.3 Å². The molecule has 0 fully saturated rings. The van der Waals surface area contributed by atoms with Crippen molar-refractivity contribution in [2.45, 2.75) is 39.2 Å². The Morgan fingerprint density at radius 3 is 2.29 bits per heavy atom. The van der Waals surface area contributed by atoms with E-state index in [4.69, 9.17) is 9.47 Å². The Morgan fingerprint density at radius 1 is 0.871 bits per heavy atom. The molecule has 0 aromatic heterocycles. The van der Waals surface area contributed by atoms with Crippen LogP contribution in [0.4, 0.5) is 0 Å². The van der Waals surface area contributed by atoms with Crippen molar-refractivity contribution in [2.75, 3.05) is 7.11 Å². The second-order valence-corrected chi connectivity index (χ2v) is 7.59. The molecule has 0 amide bonds. The first-order chi connectivity index (χ1) is 15.0. The maximum Gasteiger partial charge on any atom is 0.305 e. The number of carbonyl (C=O) groups excluding carboxylic acids is 2. The number of hydrogen-bond acceptors (Lipinski definition) is 4. The Morgan fingerprint density at radius 2 is 1.58 bits per heavy atom. The molecular formula is C27H28O4. The van der Waals surface area contributed by atoms with Gasteiger partial charge in [-0.2, -0.15) is 0 Å². The van der Waals surface area contributed by atoms with Gasteiger partial charge in [-0.15, -0.1) is 0 Å². The van der Waals surface area contributed by atoms with Crippen molar-refractivity contribution in [3.63, 3.8) is 0 Å². The van der Waals surface area contributed by atoms with Crippen molar-refractivity contribution in [3.05, 3.63) is 101 Å². The highest BCUT2D eigenvalue weighted by Crippen LogP contribution is 2.32. The number of ether oxygens (including phenoxy) is 2. The molecule has 0 aliphatic carbocycles. The predicted octanol–water partition coefficient (Wildman–Crippen LogP) is 5.80. The summed E-state index contributed by atoms with van der Waals surface area (Å²) in [6, 6.07) is 23.3. The summed E-state index contributed by atoms with van der Waals surface area (Å²) in [6.45, 7) is 4.33. The van der Waals surface area contributed by atoms with Gasteiger partial charge in [-0.1, -0.05) is 66.7 Å². The minimum Gasteiger partial charge on any atom is -0.489 e. The standard InChI is InChI=1S/C27H28O4/c1-19-10-7-8-13-22(19)24(16-17-26(28)30-3)27(29)23-14-9-15-25(20(23)2)31-18-21-11-5-4-6-12-21/h4-15,24H,16-18H2,1-3H3. The number of Topliss-reactive ketones (excluding diaryl/α,β-unsaturated/α-hetero) is 1. The number of methoxy groups -OCH3 is 1. The molecule has 160 valence electrons. The molecule has 0 spiro atoms. The van der Waals surface area contributed by atoms with E-state index < -0.39 is 5.92 Å². The first-order valence-corrected chi connectivity index (χ1v) is 10.4. The lowest BCUT2D eigenvalue weighted by Crippen LogP contribution is -2.17. The molecule has 0 aliphatic rings. The molecule has 0 aliphatic heterocycles. The molecule has 31 heavy (non-hydrogen) atoms. The molecule has 0 heterocycles. The highest BCUT2D eigenvalue weighted by molar-refractivity contribution is 6.03. The maximum atomic E-state index is 13.6. The van der Waals surface area contributed by atoms with E-state index in [0.29, 0.717) is 24.3 Å². The van der Waals surface area contributed by atoms with E-state index in [-0.39, 0.29) is 18.2 Å². The van der Waals surface area contributed by atoms with Gasteiger partial charge in [0, 0.05) is 23.5 Å². The first-order valence-electron chi connectivity index (χ1n) is 10.4. The van der Waals surface area contributed by atoms with Crippen LogP contribution in [0.15, 0.2) is 72.8 Å². The van der Waals surface area contributed by atoms with E-state index in [1.807, 2.05) is 86.6 Å². The maximum absolute atomic E-state index is 13.6. The fraction of sp³-hybridized carbons (Fsp3) is 0.259. The average Bonchev–Trinajstić information content (AvgIpc) is 2.80. The fourth-order valence-corrected chi connectivity index (χ4v) is 3.73. The minimum atomic E-state index is -0.427. The van der Waals surface area contributed by atoms with Gasteiger partial charge in [-0.25, -0.2) is 0 Å². The second-order valence-electron chi connectivity index (χ2n) is 7.59. The molecule has 0 N–H and O–H groups in total. The minimum absolute atomic E-state index is 0.0131. The van der Waals surface area contributed by atoms with Gasteiger partial charge in [-0.3, -0.25) is 9.59 Å². The van der Waals surface area contributed by atoms with Crippen LogP contribution in [0.2, 0.25) is 0 Å². The Hall–Kier alpha value is -3.40. The molecule has 1 unspecified atom stereocenters. The van der Waals surface area contributed by atoms with Crippen LogP contribution in [0.1, 0.15) is 51.4 Å². The number of aryl methyl sites for hydroxylation is 1. The molecule has 3 aromatic carbocycles. The van der Waals surface area contributed by atoms with Gasteiger partial charge < -0.3 is 9.47 Å². The summed E-state index contributed by atoms with van der Waals surface area (Å²) in [5.41, 5.74) is 4.45. The van der Waals surface area contributed by atoms with E-state index in [2.05, 4.69) is 0 Å². The van der Waals surface area contributed by atoms with Crippen molar-refractivity contribution >= 4 is 11.8 Å². The third-order valence-electron chi connectivity index (χ3n) is 5.53. The molecule has 0 saturated heterocycles. The van der Waals surface area contributed by atoms with Crippen LogP contribution in [0.25, 0.3) is 0 Å². The van der Waals surface area contributed by atoms with Crippen molar-refractivity contribution in [1.82, 2.24) is 0 Å². The highest BCUT2D eigenvalue weighted by Gasteiger charge is 2.26. The van der Waals surface area contributed by atoms with Crippen LogP contribution >= 0.6 is 0 Å². The number of rotatable bonds is 9. The summed E-state index contributed by atoms with van der Waals surface area (Å²) in [5.74, 6) is -0.0708. The van der Waals surface area contributed by atoms with E-state index >= 15 is 0 Å². The molecule has 0 saturated carbocycles. The quantitative estimate of drug-likeness (QED) is 0.327. The van der Waals surface area contributed by atoms with Gasteiger partial charge in [0.15, 0.2) is 5.78 Å². The van der Waals surface area contributed by atoms with Gasteiger partial charge in [0.25, 0.3) is 0 Å². The summed E-state index contributed by atoms with van der Waals surface area (Å²) in [5, 5.41) is 0. The van der Waals surface area contributed by atoms with Gasteiger partial charge in [0.2, 0.25) is 0 Å². The van der Waals surface area contributed by atoms with Gasteiger partial charge in [0.1, 0.15) is 12.4 Å². The van der Waals surface area contributed by atoms with Crippen LogP contribution in [0.5, 0.6) is 5.75 Å². The summed E-state index contributed by atoms with van der Waals surface area (Å²) >= 11 is 0. The van der Waals surface area contributed by atoms with Crippen molar-refractivity contribution in [1.29, 1.82) is 0 Å². The molecular weight excluding hydrogens is 388 g/mol. The lowest BCUT2D eigenvalue weighted by molar-refractivity contribution is -0.140. The smallest absolute Gasteiger partial charge is 0.305 e. The topological polar surface area (TPSA) is 52.6 Å². The molecule has 0 bridgehead atoms. The first kappa shape index (κ1) is 22.3. The van der Waals surface area contributed by atoms with Gasteiger partial charge >= 0.3 is 5.97 Å². The summed E-state index contributed by atoms with van der Waals surface area (Å²) in [6.07, 6.45) is 0.579. The third kappa shape index (κ3) is 5.60. The third-order valence-corrected chi connectivity index (χ3v) is 5.53. The number of ketones is 1. The molecule has 4 heteroatoms. The number of hydrogen-bond donors (Lipinski definition) is 0. The largest absolute Gasteiger partial charge is 0.489 e. The van der Waals surface area contributed by atoms with Crippen LogP contribution in [0.3, 0.4) is 0 Å². The van der Waals surface area contributed by atoms with Gasteiger partial charge in [-0.05, 0) is 43.0 Å². The predicted molar refractivity (Wildman–Crippen MR) is 121 cm³/mol. The number of carbonyl (C=O) groups is 2. The summed E-state index contributed by atoms with van der Waals surface area (Å²) < 4.78 is 10.8. The normalized spacial score (nSPS) is 11.6. The monoisotopic (exact) mass is 416 g/mol. The molecule has 3 rings (SSSR count). The number of esters is 1. The second kappa shape index (κ2) is 10.6. The lowest BCUT2D eigenvalue weighted by Gasteiger charge is -2.20. The number of benzene rings is 3. The summed E-state index contributed by atoms with van der Waals surface area (Å²) in [7, 11) is 1.37. The zero-order chi connectivity index (χ0) is 22.2. The van der Waals surface area contributed by atoms with Crippen molar-refractivity contribution < 1.29 is 19.1 Å². The Labute approximate surface area is 183 Å². The zero-order valence-electron chi connectivity index (χ0n) is 18.3. The Balaban J connectivity index is 1.88. The van der Waals surface area contributed by atoms with E-state index in [1.165, 1.54) is 7.11 Å². The Kier molecular flexibility index (Phi) is 7.60. The highest BCUT2D eigenvalue weighted by atomic mass is 16.5. The van der Waals surface area contributed by atoms with Crippen molar-refractivity contribution in [3.8, 4) is 5.75 Å². The summed E-state index contributed by atoms with van der Waals surface area (Å²) in [4.78, 5) is 25.4. The van der Waals surface area contributed by atoms with Gasteiger partial charge in [0.05, 0.1) is 7.11 Å². The lowest BCUT2D eigenvalue weighted by atomic mass is 9.83. The SMILES string of the molecule is COC(=O)CCC(C(=O)c1cccc(OCc2ccccc2)c1C)c1ccccc1C. The molecule has 4 nitrogen and oxygen atoms in total. The van der Waals surface area contributed by atoms with Crippen LogP contribution < -0.4 is 4.74 Å². The average molecular weight is 417 g/mol. The van der Waals surface area contributed by atoms with E-state index in [1.54, 1.807) is 0 Å². The molecule has 3 aromatic rings. The van der Waals surface area contributed by atoms with E-state index in [9.17, 15) is 9.59 Å². The van der Waals surface area contributed by atoms with Crippen LogP contribution in [0, 0.1) is 13.8 Å². The molecule has 1 atom stereocenters. The Bertz CT molecular complexity index is 1040. The van der Waals surface area contributed by atoms with Crippen LogP contribution in [-0.2, 0) is 16.1 Å². The van der Waals surface area contributed by atoms with Crippen molar-refractivity contribution in [2.24, 2.45) is 0 Å².